The molecule has 1 N–H and O–H groups in total. The van der Waals surface area contributed by atoms with E-state index in [0.717, 1.165) is 0 Å². The molecule has 0 saturated carbocycles. The van der Waals surface area contributed by atoms with Gasteiger partial charge in [-0.15, -0.1) is 12.4 Å². The molecule has 8 heteroatoms. The summed E-state index contributed by atoms with van der Waals surface area (Å²) in [6.07, 6.45) is 2.13. The Morgan fingerprint density at radius 2 is 2.04 bits per heavy atom. The van der Waals surface area contributed by atoms with Gasteiger partial charge in [0, 0.05) is 19.5 Å². The van der Waals surface area contributed by atoms with Crippen LogP contribution in [-0.2, 0) is 6.42 Å². The molecule has 0 aliphatic carbocycles. The molecule has 138 valence electrons. The predicted octanol–water partition coefficient (Wildman–Crippen LogP) is 3.18. The number of amides is 1. The summed E-state index contributed by atoms with van der Waals surface area (Å²) in [6, 6.07) is 10.9. The molecule has 1 aromatic carbocycles. The van der Waals surface area contributed by atoms with Crippen LogP contribution in [0.5, 0.6) is 0 Å². The zero-order chi connectivity index (χ0) is 17.8. The molecule has 3 rings (SSSR count). The van der Waals surface area contributed by atoms with Crippen LogP contribution in [0.2, 0.25) is 0 Å². The molecule has 0 spiro atoms. The third kappa shape index (κ3) is 4.12. The summed E-state index contributed by atoms with van der Waals surface area (Å²) in [4.78, 5) is 18.5. The van der Waals surface area contributed by atoms with Gasteiger partial charge in [-0.1, -0.05) is 17.3 Å². The summed E-state index contributed by atoms with van der Waals surface area (Å²) in [5.74, 6) is 1.02. The predicted molar refractivity (Wildman–Crippen MR) is 101 cm³/mol. The van der Waals surface area contributed by atoms with E-state index in [-0.39, 0.29) is 30.1 Å². The number of carbonyl (C=O) groups is 1. The lowest BCUT2D eigenvalue weighted by atomic mass is 10.1. The quantitative estimate of drug-likeness (QED) is 0.711. The fraction of sp³-hybridized carbons (Fsp3) is 0.278. The first-order valence-corrected chi connectivity index (χ1v) is 8.01. The van der Waals surface area contributed by atoms with E-state index in [9.17, 15) is 4.79 Å². The van der Waals surface area contributed by atoms with Crippen molar-refractivity contribution < 1.29 is 13.7 Å². The fourth-order valence-corrected chi connectivity index (χ4v) is 2.44. The molecule has 0 aliphatic rings. The zero-order valence-electron chi connectivity index (χ0n) is 14.8. The lowest BCUT2D eigenvalue weighted by Gasteiger charge is -2.18. The molecule has 0 fully saturated rings. The summed E-state index contributed by atoms with van der Waals surface area (Å²) in [5, 5.41) is 7.17. The van der Waals surface area contributed by atoms with E-state index in [1.165, 1.54) is 11.2 Å². The second-order valence-electron chi connectivity index (χ2n) is 5.77. The highest BCUT2D eigenvalue weighted by Gasteiger charge is 2.21. The first-order chi connectivity index (χ1) is 12.1. The monoisotopic (exact) mass is 376 g/mol. The van der Waals surface area contributed by atoms with Gasteiger partial charge in [-0.2, -0.15) is 4.98 Å². The van der Waals surface area contributed by atoms with Crippen molar-refractivity contribution in [3.05, 3.63) is 54.2 Å². The number of anilines is 1. The van der Waals surface area contributed by atoms with Gasteiger partial charge in [0.2, 0.25) is 0 Å². The highest BCUT2D eigenvalue weighted by Crippen LogP contribution is 2.30. The highest BCUT2D eigenvalue weighted by molar-refractivity contribution is 6.05. The van der Waals surface area contributed by atoms with Crippen LogP contribution >= 0.6 is 12.4 Å². The summed E-state index contributed by atoms with van der Waals surface area (Å²) in [5.41, 5.74) is 1.36. The largest absolute Gasteiger partial charge is 0.459 e. The van der Waals surface area contributed by atoms with Crippen molar-refractivity contribution in [3.63, 3.8) is 0 Å². The lowest BCUT2D eigenvalue weighted by Crippen LogP contribution is -2.26. The fourth-order valence-electron chi connectivity index (χ4n) is 2.44. The molecule has 1 unspecified atom stereocenters. The van der Waals surface area contributed by atoms with Gasteiger partial charge in [0.05, 0.1) is 17.5 Å². The van der Waals surface area contributed by atoms with Crippen molar-refractivity contribution in [1.29, 1.82) is 0 Å². The summed E-state index contributed by atoms with van der Waals surface area (Å²) in [6.45, 7) is 2.04. The van der Waals surface area contributed by atoms with Crippen molar-refractivity contribution in [2.24, 2.45) is 0 Å². The van der Waals surface area contributed by atoms with Crippen LogP contribution in [0.25, 0.3) is 11.5 Å². The van der Waals surface area contributed by atoms with Crippen molar-refractivity contribution in [2.45, 2.75) is 19.4 Å². The molecule has 0 radical (unpaired) electrons. The molecule has 2 heterocycles. The molecule has 0 saturated heterocycles. The second-order valence-corrected chi connectivity index (χ2v) is 5.77. The van der Waals surface area contributed by atoms with Crippen LogP contribution in [-0.4, -0.2) is 36.2 Å². The van der Waals surface area contributed by atoms with Gasteiger partial charge in [-0.25, -0.2) is 0 Å². The molecular formula is C18H21ClN4O3. The first kappa shape index (κ1) is 19.7. The Balaban J connectivity index is 0.00000243. The van der Waals surface area contributed by atoms with Gasteiger partial charge < -0.3 is 19.2 Å². The van der Waals surface area contributed by atoms with Crippen LogP contribution in [0.1, 0.15) is 23.3 Å². The summed E-state index contributed by atoms with van der Waals surface area (Å²) >= 11 is 0. The van der Waals surface area contributed by atoms with Gasteiger partial charge in [0.25, 0.3) is 11.8 Å². The van der Waals surface area contributed by atoms with E-state index in [1.807, 2.05) is 38.2 Å². The van der Waals surface area contributed by atoms with E-state index in [4.69, 9.17) is 8.94 Å². The summed E-state index contributed by atoms with van der Waals surface area (Å²) in [7, 11) is 3.57. The Morgan fingerprint density at radius 3 is 2.73 bits per heavy atom. The van der Waals surface area contributed by atoms with E-state index in [1.54, 1.807) is 19.2 Å². The number of hydrogen-bond donors (Lipinski definition) is 1. The van der Waals surface area contributed by atoms with E-state index < -0.39 is 0 Å². The van der Waals surface area contributed by atoms with Crippen molar-refractivity contribution in [2.75, 3.05) is 19.0 Å². The third-order valence-corrected chi connectivity index (χ3v) is 3.98. The number of aromatic nitrogens is 2. The normalized spacial score (nSPS) is 11.7. The number of likely N-dealkylation sites (N-methyl/N-ethyl adjacent to an activating group) is 1. The molecule has 3 aromatic rings. The SMILES string of the molecule is CNC(C)Cc1noc(-c2ccccc2N(C)C(=O)c2ccco2)n1.Cl. The van der Waals surface area contributed by atoms with E-state index >= 15 is 0 Å². The lowest BCUT2D eigenvalue weighted by molar-refractivity contribution is 0.0966. The number of nitrogens with one attached hydrogen (secondary N) is 1. The van der Waals surface area contributed by atoms with Gasteiger partial charge in [0.15, 0.2) is 11.6 Å². The minimum absolute atomic E-state index is 0. The molecule has 0 bridgehead atoms. The Morgan fingerprint density at radius 1 is 1.27 bits per heavy atom. The minimum Gasteiger partial charge on any atom is -0.459 e. The third-order valence-electron chi connectivity index (χ3n) is 3.98. The maximum atomic E-state index is 12.5. The Bertz CT molecular complexity index is 848. The average Bonchev–Trinajstić information content (AvgIpc) is 3.32. The van der Waals surface area contributed by atoms with Gasteiger partial charge in [0.1, 0.15) is 0 Å². The number of rotatable bonds is 6. The van der Waals surface area contributed by atoms with Gasteiger partial charge >= 0.3 is 0 Å². The molecule has 1 amide bonds. The zero-order valence-corrected chi connectivity index (χ0v) is 15.6. The minimum atomic E-state index is -0.249. The Hall–Kier alpha value is -2.64. The number of para-hydroxylation sites is 1. The molecule has 0 aliphatic heterocycles. The molecule has 2 aromatic heterocycles. The standard InChI is InChI=1S/C18H20N4O3.ClH/c1-12(19-2)11-16-20-17(25-21-16)13-7-4-5-8-14(13)22(3)18(23)15-9-6-10-24-15;/h4-10,12,19H,11H2,1-3H3;1H. The number of carbonyl (C=O) groups excluding carboxylic acids is 1. The van der Waals surface area contributed by atoms with Crippen molar-refractivity contribution in [1.82, 2.24) is 15.5 Å². The number of benzene rings is 1. The maximum absolute atomic E-state index is 12.5. The number of hydrogen-bond acceptors (Lipinski definition) is 6. The molecular weight excluding hydrogens is 356 g/mol. The molecule has 7 nitrogen and oxygen atoms in total. The van der Waals surface area contributed by atoms with Crippen molar-refractivity contribution >= 4 is 24.0 Å². The highest BCUT2D eigenvalue weighted by atomic mass is 35.5. The average molecular weight is 377 g/mol. The van der Waals surface area contributed by atoms with Crippen LogP contribution in [0, 0.1) is 0 Å². The van der Waals surface area contributed by atoms with Crippen LogP contribution < -0.4 is 10.2 Å². The number of furan rings is 1. The van der Waals surface area contributed by atoms with E-state index in [2.05, 4.69) is 15.5 Å². The first-order valence-electron chi connectivity index (χ1n) is 8.01. The molecule has 1 atom stereocenters. The second kappa shape index (κ2) is 8.64. The van der Waals surface area contributed by atoms with Crippen molar-refractivity contribution in [3.8, 4) is 11.5 Å². The van der Waals surface area contributed by atoms with Crippen LogP contribution in [0.3, 0.4) is 0 Å². The Kier molecular flexibility index (Phi) is 6.54. The van der Waals surface area contributed by atoms with E-state index in [0.29, 0.717) is 29.4 Å². The molecule has 26 heavy (non-hydrogen) atoms. The number of nitrogens with zero attached hydrogens (tertiary/aromatic N) is 3. The van der Waals surface area contributed by atoms with Crippen LogP contribution in [0.4, 0.5) is 5.69 Å². The maximum Gasteiger partial charge on any atom is 0.293 e. The van der Waals surface area contributed by atoms with Gasteiger partial charge in [-0.05, 0) is 38.2 Å². The Labute approximate surface area is 157 Å². The van der Waals surface area contributed by atoms with Gasteiger partial charge in [-0.3, -0.25) is 4.79 Å². The number of halogens is 1. The van der Waals surface area contributed by atoms with Crippen LogP contribution in [0.15, 0.2) is 51.6 Å². The topological polar surface area (TPSA) is 84.4 Å². The summed E-state index contributed by atoms with van der Waals surface area (Å²) < 4.78 is 10.6. The smallest absolute Gasteiger partial charge is 0.293 e.